The maximum atomic E-state index is 12.3. The van der Waals surface area contributed by atoms with E-state index in [1.165, 1.54) is 16.7 Å². The minimum Gasteiger partial charge on any atom is -0.259 e. The van der Waals surface area contributed by atoms with Crippen molar-refractivity contribution in [2.45, 2.75) is 44.6 Å². The lowest BCUT2D eigenvalue weighted by Gasteiger charge is -2.19. The summed E-state index contributed by atoms with van der Waals surface area (Å²) < 4.78 is 12.3. The van der Waals surface area contributed by atoms with Gasteiger partial charge in [-0.25, -0.2) is 0 Å². The fourth-order valence-electron chi connectivity index (χ4n) is 2.28. The first-order chi connectivity index (χ1) is 9.86. The van der Waals surface area contributed by atoms with Gasteiger partial charge in [-0.3, -0.25) is 4.21 Å². The molecule has 0 aliphatic carbocycles. The van der Waals surface area contributed by atoms with Gasteiger partial charge in [0.15, 0.2) is 0 Å². The van der Waals surface area contributed by atoms with Crippen LogP contribution in [-0.4, -0.2) is 4.21 Å². The molecular weight excluding hydrogens is 276 g/mol. The molecule has 0 aromatic heterocycles. The fraction of sp³-hybridized carbons (Fsp3) is 0.368. The van der Waals surface area contributed by atoms with E-state index >= 15 is 0 Å². The Bertz CT molecular complexity index is 621. The van der Waals surface area contributed by atoms with Crippen LogP contribution in [0.1, 0.15) is 43.0 Å². The van der Waals surface area contributed by atoms with Crippen LogP contribution in [-0.2, 0) is 27.7 Å². The minimum absolute atomic E-state index is 0.166. The molecule has 0 aliphatic heterocycles. The average molecular weight is 300 g/mol. The van der Waals surface area contributed by atoms with Crippen LogP contribution in [0.15, 0.2) is 48.5 Å². The monoisotopic (exact) mass is 300 g/mol. The molecule has 21 heavy (non-hydrogen) atoms. The average Bonchev–Trinajstić information content (AvgIpc) is 2.41. The summed E-state index contributed by atoms with van der Waals surface area (Å²) in [6.07, 6.45) is 0. The highest BCUT2D eigenvalue weighted by Gasteiger charge is 2.13. The topological polar surface area (TPSA) is 17.1 Å². The predicted octanol–water partition coefficient (Wildman–Crippen LogP) is 4.74. The second-order valence-electron chi connectivity index (χ2n) is 6.60. The summed E-state index contributed by atoms with van der Waals surface area (Å²) in [5.41, 5.74) is 5.03. The molecule has 1 nitrogen and oxygen atoms in total. The Morgan fingerprint density at radius 1 is 0.905 bits per heavy atom. The standard InChI is InChI=1S/C19H24OS/c1-15-7-5-6-8-17(15)14-21(20)13-16-9-11-18(12-10-16)19(2,3)4/h5-12H,13-14H2,1-4H3/t21-/m1/s1. The van der Waals surface area contributed by atoms with E-state index in [1.54, 1.807) is 0 Å². The Balaban J connectivity index is 2.02. The predicted molar refractivity (Wildman–Crippen MR) is 91.9 cm³/mol. The number of benzene rings is 2. The van der Waals surface area contributed by atoms with Crippen LogP contribution >= 0.6 is 0 Å². The van der Waals surface area contributed by atoms with Crippen LogP contribution in [0.2, 0.25) is 0 Å². The molecule has 2 aromatic rings. The molecule has 0 radical (unpaired) electrons. The van der Waals surface area contributed by atoms with Gasteiger partial charge in [-0.2, -0.15) is 0 Å². The Morgan fingerprint density at radius 3 is 2.10 bits per heavy atom. The molecule has 0 unspecified atom stereocenters. The van der Waals surface area contributed by atoms with Crippen molar-refractivity contribution in [2.75, 3.05) is 0 Å². The number of rotatable bonds is 4. The number of aryl methyl sites for hydroxylation is 1. The summed E-state index contributed by atoms with van der Waals surface area (Å²) in [6.45, 7) is 8.69. The van der Waals surface area contributed by atoms with Gasteiger partial charge in [0.05, 0.1) is 0 Å². The van der Waals surface area contributed by atoms with Gasteiger partial charge in [0.2, 0.25) is 0 Å². The highest BCUT2D eigenvalue weighted by molar-refractivity contribution is 7.83. The van der Waals surface area contributed by atoms with E-state index in [2.05, 4.69) is 64.1 Å². The third kappa shape index (κ3) is 4.53. The van der Waals surface area contributed by atoms with Gasteiger partial charge in [0.25, 0.3) is 0 Å². The minimum atomic E-state index is -0.860. The van der Waals surface area contributed by atoms with Crippen molar-refractivity contribution < 1.29 is 4.21 Å². The maximum absolute atomic E-state index is 12.3. The van der Waals surface area contributed by atoms with Gasteiger partial charge in [-0.05, 0) is 34.6 Å². The molecule has 112 valence electrons. The van der Waals surface area contributed by atoms with E-state index in [0.29, 0.717) is 11.5 Å². The third-order valence-electron chi connectivity index (χ3n) is 3.73. The second-order valence-corrected chi connectivity index (χ2v) is 8.06. The second kappa shape index (κ2) is 6.57. The van der Waals surface area contributed by atoms with Gasteiger partial charge in [-0.15, -0.1) is 0 Å². The van der Waals surface area contributed by atoms with Crippen molar-refractivity contribution in [1.29, 1.82) is 0 Å². The first-order valence-corrected chi connectivity index (χ1v) is 8.84. The van der Waals surface area contributed by atoms with E-state index in [9.17, 15) is 4.21 Å². The highest BCUT2D eigenvalue weighted by Crippen LogP contribution is 2.22. The smallest absolute Gasteiger partial charge is 0.0491 e. The molecular formula is C19H24OS. The summed E-state index contributed by atoms with van der Waals surface area (Å²) >= 11 is 0. The Labute approximate surface area is 130 Å². The van der Waals surface area contributed by atoms with Crippen molar-refractivity contribution in [1.82, 2.24) is 0 Å². The molecule has 0 amide bonds. The highest BCUT2D eigenvalue weighted by atomic mass is 32.2. The third-order valence-corrected chi connectivity index (χ3v) is 5.01. The van der Waals surface area contributed by atoms with Crippen LogP contribution in [0.4, 0.5) is 0 Å². The van der Waals surface area contributed by atoms with E-state index in [4.69, 9.17) is 0 Å². The van der Waals surface area contributed by atoms with E-state index in [-0.39, 0.29) is 5.41 Å². The lowest BCUT2D eigenvalue weighted by atomic mass is 9.87. The molecule has 0 bridgehead atoms. The molecule has 0 fully saturated rings. The summed E-state index contributed by atoms with van der Waals surface area (Å²) in [7, 11) is -0.860. The largest absolute Gasteiger partial charge is 0.259 e. The molecule has 2 heteroatoms. The summed E-state index contributed by atoms with van der Waals surface area (Å²) in [6, 6.07) is 16.7. The summed E-state index contributed by atoms with van der Waals surface area (Å²) in [5, 5.41) is 0. The van der Waals surface area contributed by atoms with Crippen molar-refractivity contribution in [3.63, 3.8) is 0 Å². The zero-order valence-corrected chi connectivity index (χ0v) is 14.2. The van der Waals surface area contributed by atoms with Crippen LogP contribution in [0.3, 0.4) is 0 Å². The van der Waals surface area contributed by atoms with Crippen LogP contribution < -0.4 is 0 Å². The van der Waals surface area contributed by atoms with Gasteiger partial charge in [0.1, 0.15) is 0 Å². The van der Waals surface area contributed by atoms with Crippen molar-refractivity contribution >= 4 is 10.8 Å². The van der Waals surface area contributed by atoms with E-state index < -0.39 is 10.8 Å². The normalized spacial score (nSPS) is 13.1. The first-order valence-electron chi connectivity index (χ1n) is 7.35. The molecule has 2 aromatic carbocycles. The van der Waals surface area contributed by atoms with Crippen LogP contribution in [0.25, 0.3) is 0 Å². The molecule has 0 heterocycles. The zero-order valence-electron chi connectivity index (χ0n) is 13.3. The van der Waals surface area contributed by atoms with Gasteiger partial charge >= 0.3 is 0 Å². The molecule has 0 spiro atoms. The van der Waals surface area contributed by atoms with Crippen LogP contribution in [0.5, 0.6) is 0 Å². The Hall–Kier alpha value is -1.41. The molecule has 0 N–H and O–H groups in total. The van der Waals surface area contributed by atoms with Gasteiger partial charge in [0, 0.05) is 22.3 Å². The van der Waals surface area contributed by atoms with Crippen molar-refractivity contribution in [3.05, 3.63) is 70.8 Å². The number of hydrogen-bond acceptors (Lipinski definition) is 1. The van der Waals surface area contributed by atoms with E-state index in [1.807, 2.05) is 12.1 Å². The van der Waals surface area contributed by atoms with Crippen LogP contribution in [0, 0.1) is 6.92 Å². The maximum Gasteiger partial charge on any atom is 0.0491 e. The molecule has 0 aliphatic rings. The lowest BCUT2D eigenvalue weighted by Crippen LogP contribution is -2.10. The molecule has 1 atom stereocenters. The molecule has 0 saturated heterocycles. The van der Waals surface area contributed by atoms with Gasteiger partial charge < -0.3 is 0 Å². The molecule has 0 saturated carbocycles. The first kappa shape index (κ1) is 16.0. The molecule has 2 rings (SSSR count). The lowest BCUT2D eigenvalue weighted by molar-refractivity contribution is 0.590. The number of hydrogen-bond donors (Lipinski definition) is 0. The fourth-order valence-corrected chi connectivity index (χ4v) is 3.62. The Morgan fingerprint density at radius 2 is 1.52 bits per heavy atom. The summed E-state index contributed by atoms with van der Waals surface area (Å²) in [5.74, 6) is 1.26. The van der Waals surface area contributed by atoms with E-state index in [0.717, 1.165) is 5.56 Å². The quantitative estimate of drug-likeness (QED) is 0.797. The van der Waals surface area contributed by atoms with Crippen molar-refractivity contribution in [2.24, 2.45) is 0 Å². The van der Waals surface area contributed by atoms with Crippen molar-refractivity contribution in [3.8, 4) is 0 Å². The SMILES string of the molecule is Cc1ccccc1C[S@](=O)Cc1ccc(C(C)(C)C)cc1. The Kier molecular flexibility index (Phi) is 5.00. The van der Waals surface area contributed by atoms with Gasteiger partial charge in [-0.1, -0.05) is 69.3 Å². The zero-order chi connectivity index (χ0) is 15.5. The summed E-state index contributed by atoms with van der Waals surface area (Å²) in [4.78, 5) is 0.